The van der Waals surface area contributed by atoms with Crippen molar-refractivity contribution in [1.29, 1.82) is 0 Å². The highest BCUT2D eigenvalue weighted by Crippen LogP contribution is 2.37. The first kappa shape index (κ1) is 13.0. The van der Waals surface area contributed by atoms with Crippen molar-refractivity contribution in [2.24, 2.45) is 0 Å². The Kier molecular flexibility index (Phi) is 3.40. The van der Waals surface area contributed by atoms with Crippen LogP contribution in [0.5, 0.6) is 0 Å². The molecule has 1 aliphatic rings. The standard InChI is InChI=1S/C4H4N4O8S/c9-5(10)1-2(6(11)12)4(8(15)16)17-3(1)7(13)14/h1-4H. The first-order valence-electron chi connectivity index (χ1n) is 3.96. The molecule has 4 unspecified atom stereocenters. The van der Waals surface area contributed by atoms with Gasteiger partial charge in [0, 0.05) is 31.5 Å². The van der Waals surface area contributed by atoms with E-state index in [1.54, 1.807) is 0 Å². The first-order chi connectivity index (χ1) is 7.77. The van der Waals surface area contributed by atoms with Crippen LogP contribution in [0.4, 0.5) is 0 Å². The Bertz CT molecular complexity index is 363. The van der Waals surface area contributed by atoms with Gasteiger partial charge in [0.1, 0.15) is 0 Å². The van der Waals surface area contributed by atoms with Crippen molar-refractivity contribution in [2.45, 2.75) is 22.8 Å². The summed E-state index contributed by atoms with van der Waals surface area (Å²) >= 11 is 0.0182. The van der Waals surface area contributed by atoms with Crippen molar-refractivity contribution >= 4 is 11.8 Å². The van der Waals surface area contributed by atoms with Gasteiger partial charge in [0.25, 0.3) is 0 Å². The Labute approximate surface area is 95.6 Å². The summed E-state index contributed by atoms with van der Waals surface area (Å²) in [5, 5.41) is 38.1. The van der Waals surface area contributed by atoms with Gasteiger partial charge in [0.2, 0.25) is 0 Å². The van der Waals surface area contributed by atoms with Crippen LogP contribution in [0, 0.1) is 40.5 Å². The van der Waals surface area contributed by atoms with Crippen LogP contribution in [0.25, 0.3) is 0 Å². The second-order valence-electron chi connectivity index (χ2n) is 3.04. The van der Waals surface area contributed by atoms with Crippen molar-refractivity contribution in [2.75, 3.05) is 0 Å². The number of hydrogen-bond donors (Lipinski definition) is 0. The minimum atomic E-state index is -2.21. The van der Waals surface area contributed by atoms with E-state index < -0.39 is 42.5 Å². The lowest BCUT2D eigenvalue weighted by Gasteiger charge is -2.06. The molecule has 0 radical (unpaired) electrons. The van der Waals surface area contributed by atoms with Crippen molar-refractivity contribution in [3.05, 3.63) is 40.5 Å². The van der Waals surface area contributed by atoms with Gasteiger partial charge in [-0.15, -0.1) is 0 Å². The van der Waals surface area contributed by atoms with E-state index in [1.165, 1.54) is 0 Å². The highest BCUT2D eigenvalue weighted by atomic mass is 32.2. The van der Waals surface area contributed by atoms with Crippen molar-refractivity contribution < 1.29 is 19.7 Å². The predicted octanol–water partition coefficient (Wildman–Crippen LogP) is -0.771. The smallest absolute Gasteiger partial charge is 0.264 e. The molecule has 1 rings (SSSR count). The zero-order valence-electron chi connectivity index (χ0n) is 7.77. The fraction of sp³-hybridized carbons (Fsp3) is 1.00. The Hall–Kier alpha value is -2.05. The van der Waals surface area contributed by atoms with Gasteiger partial charge in [-0.3, -0.25) is 40.5 Å². The third-order valence-corrected chi connectivity index (χ3v) is 3.58. The second-order valence-corrected chi connectivity index (χ2v) is 4.28. The van der Waals surface area contributed by atoms with E-state index in [1.807, 2.05) is 0 Å². The normalized spacial score (nSPS) is 32.0. The average molecular weight is 268 g/mol. The van der Waals surface area contributed by atoms with E-state index in [2.05, 4.69) is 0 Å². The second kappa shape index (κ2) is 4.44. The molecule has 17 heavy (non-hydrogen) atoms. The highest BCUT2D eigenvalue weighted by molar-refractivity contribution is 8.00. The highest BCUT2D eigenvalue weighted by Gasteiger charge is 2.70. The lowest BCUT2D eigenvalue weighted by Crippen LogP contribution is -2.47. The van der Waals surface area contributed by atoms with Crippen molar-refractivity contribution in [3.63, 3.8) is 0 Å². The molecular formula is C4H4N4O8S. The summed E-state index contributed by atoms with van der Waals surface area (Å²) in [7, 11) is 0. The third-order valence-electron chi connectivity index (χ3n) is 2.12. The Morgan fingerprint density at radius 3 is 1.12 bits per heavy atom. The van der Waals surface area contributed by atoms with E-state index in [0.29, 0.717) is 0 Å². The maximum Gasteiger partial charge on any atom is 0.362 e. The molecule has 0 bridgehead atoms. The van der Waals surface area contributed by atoms with Crippen LogP contribution in [-0.4, -0.2) is 42.5 Å². The molecule has 0 spiro atoms. The van der Waals surface area contributed by atoms with E-state index in [0.717, 1.165) is 0 Å². The molecular weight excluding hydrogens is 264 g/mol. The lowest BCUT2D eigenvalue weighted by molar-refractivity contribution is -0.671. The monoisotopic (exact) mass is 268 g/mol. The molecule has 0 aliphatic carbocycles. The number of rotatable bonds is 4. The average Bonchev–Trinajstić information content (AvgIpc) is 2.56. The molecule has 94 valence electrons. The van der Waals surface area contributed by atoms with E-state index in [4.69, 9.17) is 0 Å². The molecule has 1 saturated heterocycles. The van der Waals surface area contributed by atoms with Crippen LogP contribution in [-0.2, 0) is 0 Å². The molecule has 0 aromatic heterocycles. The maximum atomic E-state index is 10.6. The summed E-state index contributed by atoms with van der Waals surface area (Å²) in [6, 6.07) is -4.42. The van der Waals surface area contributed by atoms with Gasteiger partial charge in [0.05, 0.1) is 0 Å². The summed E-state index contributed by atoms with van der Waals surface area (Å²) in [6.07, 6.45) is 0. The summed E-state index contributed by atoms with van der Waals surface area (Å²) in [5.74, 6) is 0. The largest absolute Gasteiger partial charge is 0.362 e. The predicted molar refractivity (Wildman–Crippen MR) is 50.7 cm³/mol. The van der Waals surface area contributed by atoms with Gasteiger partial charge in [0.15, 0.2) is 0 Å². The molecule has 0 saturated carbocycles. The minimum Gasteiger partial charge on any atom is -0.264 e. The molecule has 1 aliphatic heterocycles. The molecule has 1 heterocycles. The third kappa shape index (κ3) is 2.22. The SMILES string of the molecule is O=[N+]([O-])C1SC([N+](=O)[O-])C([N+](=O)[O-])C1[N+](=O)[O-]. The first-order valence-corrected chi connectivity index (χ1v) is 4.91. The Balaban J connectivity index is 3.17. The van der Waals surface area contributed by atoms with Crippen LogP contribution < -0.4 is 0 Å². The van der Waals surface area contributed by atoms with E-state index in [-0.39, 0.29) is 11.8 Å². The lowest BCUT2D eigenvalue weighted by atomic mass is 10.1. The quantitative estimate of drug-likeness (QED) is 0.468. The Morgan fingerprint density at radius 2 is 0.941 bits per heavy atom. The fourth-order valence-corrected chi connectivity index (χ4v) is 2.77. The van der Waals surface area contributed by atoms with Gasteiger partial charge in [-0.05, 0) is 0 Å². The summed E-state index contributed by atoms with van der Waals surface area (Å²) in [6.45, 7) is 0. The van der Waals surface area contributed by atoms with Crippen LogP contribution in [0.2, 0.25) is 0 Å². The summed E-state index contributed by atoms with van der Waals surface area (Å²) in [5.41, 5.74) is 0. The topological polar surface area (TPSA) is 173 Å². The van der Waals surface area contributed by atoms with Crippen molar-refractivity contribution in [1.82, 2.24) is 0 Å². The summed E-state index contributed by atoms with van der Waals surface area (Å²) < 4.78 is 0. The fourth-order valence-electron chi connectivity index (χ4n) is 1.45. The van der Waals surface area contributed by atoms with Crippen LogP contribution in [0.15, 0.2) is 0 Å². The summed E-state index contributed by atoms with van der Waals surface area (Å²) in [4.78, 5) is 37.4. The number of hydrogen-bond acceptors (Lipinski definition) is 9. The van der Waals surface area contributed by atoms with E-state index >= 15 is 0 Å². The van der Waals surface area contributed by atoms with E-state index in [9.17, 15) is 40.5 Å². The van der Waals surface area contributed by atoms with Gasteiger partial charge in [-0.1, -0.05) is 0 Å². The van der Waals surface area contributed by atoms with Crippen LogP contribution in [0.1, 0.15) is 0 Å². The van der Waals surface area contributed by atoms with Gasteiger partial charge < -0.3 is 0 Å². The number of nitrogens with zero attached hydrogens (tertiary/aromatic N) is 4. The molecule has 1 fully saturated rings. The van der Waals surface area contributed by atoms with Gasteiger partial charge in [-0.25, -0.2) is 0 Å². The number of nitro groups is 4. The molecule has 0 N–H and O–H groups in total. The molecule has 0 amide bonds. The maximum absolute atomic E-state index is 10.6. The Morgan fingerprint density at radius 1 is 0.647 bits per heavy atom. The molecule has 4 atom stereocenters. The van der Waals surface area contributed by atoms with Gasteiger partial charge >= 0.3 is 22.8 Å². The molecule has 13 heteroatoms. The zero-order valence-corrected chi connectivity index (χ0v) is 8.59. The molecule has 0 aromatic rings. The van der Waals surface area contributed by atoms with Crippen LogP contribution in [0.3, 0.4) is 0 Å². The molecule has 12 nitrogen and oxygen atoms in total. The van der Waals surface area contributed by atoms with Gasteiger partial charge in [-0.2, -0.15) is 0 Å². The molecule has 0 aromatic carbocycles. The van der Waals surface area contributed by atoms with Crippen LogP contribution >= 0.6 is 11.8 Å². The zero-order chi connectivity index (χ0) is 13.3. The number of thioether (sulfide) groups is 1. The van der Waals surface area contributed by atoms with Crippen molar-refractivity contribution in [3.8, 4) is 0 Å². The minimum absolute atomic E-state index is 0.0182.